The van der Waals surface area contributed by atoms with Gasteiger partial charge in [-0.25, -0.2) is 0 Å². The van der Waals surface area contributed by atoms with Crippen LogP contribution in [0, 0.1) is 0 Å². The summed E-state index contributed by atoms with van der Waals surface area (Å²) in [6, 6.07) is 23.9. The maximum absolute atomic E-state index is 10.5. The molecule has 0 aliphatic heterocycles. The van der Waals surface area contributed by atoms with E-state index in [2.05, 4.69) is 66.7 Å². The normalized spacial score (nSPS) is 13.0. The Labute approximate surface area is 181 Å². The van der Waals surface area contributed by atoms with E-state index in [1.165, 1.54) is 41.7 Å². The van der Waals surface area contributed by atoms with Crippen LogP contribution in [-0.2, 0) is 4.65 Å². The molecule has 0 saturated carbocycles. The molecule has 0 aliphatic rings. The molecule has 0 amide bonds. The van der Waals surface area contributed by atoms with Crippen LogP contribution in [-0.4, -0.2) is 23.8 Å². The molecule has 1 heterocycles. The predicted molar refractivity (Wildman–Crippen MR) is 133 cm³/mol. The Morgan fingerprint density at radius 3 is 2.20 bits per heavy atom. The lowest BCUT2D eigenvalue weighted by Crippen LogP contribution is -2.49. The fourth-order valence-electron chi connectivity index (χ4n) is 3.99. The van der Waals surface area contributed by atoms with Crippen LogP contribution < -0.4 is 5.46 Å². The smallest absolute Gasteiger partial charge is 0.310 e. The summed E-state index contributed by atoms with van der Waals surface area (Å²) in [5.41, 5.74) is -0.422. The lowest BCUT2D eigenvalue weighted by atomic mass is 9.79. The first-order valence-electron chi connectivity index (χ1n) is 10.4. The molecule has 1 aromatic heterocycles. The highest BCUT2D eigenvalue weighted by Gasteiger charge is 2.35. The van der Waals surface area contributed by atoms with Crippen molar-refractivity contribution in [2.24, 2.45) is 0 Å². The molecule has 1 N–H and O–H groups in total. The van der Waals surface area contributed by atoms with Crippen LogP contribution in [0.2, 0.25) is 0 Å². The van der Waals surface area contributed by atoms with Crippen molar-refractivity contribution in [3.63, 3.8) is 0 Å². The Hall–Kier alpha value is -2.40. The minimum atomic E-state index is -0.927. The third-order valence-corrected chi connectivity index (χ3v) is 7.70. The molecule has 5 aromatic rings. The first-order valence-corrected chi connectivity index (χ1v) is 11.2. The fraction of sp³-hybridized carbons (Fsp3) is 0.231. The second kappa shape index (κ2) is 6.81. The highest BCUT2D eigenvalue weighted by atomic mass is 32.1. The van der Waals surface area contributed by atoms with Crippen LogP contribution in [0.4, 0.5) is 0 Å². The average molecular weight is 412 g/mol. The van der Waals surface area contributed by atoms with Gasteiger partial charge in [0.2, 0.25) is 0 Å². The molecule has 0 unspecified atom stereocenters. The van der Waals surface area contributed by atoms with Gasteiger partial charge in [-0.15, -0.1) is 11.3 Å². The number of aliphatic hydroxyl groups is 1. The molecule has 5 rings (SSSR count). The SMILES string of the molecule is CC(C)(O)C(C)(C)OBc1cc2sc3c4ccccc4ccc3c2c2ccccc12. The van der Waals surface area contributed by atoms with Crippen LogP contribution in [0.5, 0.6) is 0 Å². The lowest BCUT2D eigenvalue weighted by molar-refractivity contribution is -0.0893. The van der Waals surface area contributed by atoms with Gasteiger partial charge in [-0.1, -0.05) is 60.7 Å². The van der Waals surface area contributed by atoms with Crippen LogP contribution in [0.1, 0.15) is 27.7 Å². The Kier molecular flexibility index (Phi) is 4.44. The van der Waals surface area contributed by atoms with Gasteiger partial charge in [0.05, 0.1) is 11.2 Å². The van der Waals surface area contributed by atoms with Crippen molar-refractivity contribution in [3.8, 4) is 0 Å². The van der Waals surface area contributed by atoms with Crippen molar-refractivity contribution >= 4 is 66.0 Å². The van der Waals surface area contributed by atoms with Crippen LogP contribution in [0.15, 0.2) is 66.7 Å². The molecule has 4 aromatic carbocycles. The first kappa shape index (κ1) is 19.6. The quantitative estimate of drug-likeness (QED) is 0.372. The summed E-state index contributed by atoms with van der Waals surface area (Å²) in [5.74, 6) is 0. The number of fused-ring (bicyclic) bond motifs is 7. The molecule has 0 atom stereocenters. The van der Waals surface area contributed by atoms with Gasteiger partial charge in [0.25, 0.3) is 0 Å². The highest BCUT2D eigenvalue weighted by Crippen LogP contribution is 2.41. The maximum atomic E-state index is 10.5. The van der Waals surface area contributed by atoms with E-state index in [-0.39, 0.29) is 0 Å². The molecule has 0 fully saturated rings. The molecule has 0 radical (unpaired) electrons. The standard InChI is InChI=1S/C26H25BO2S/c1-25(2,28)26(3,4)29-27-21-15-22-23(19-12-8-7-11-18(19)21)20-14-13-16-9-5-6-10-17(16)24(20)30-22/h5-15,27-28H,1-4H3. The van der Waals surface area contributed by atoms with E-state index in [1.54, 1.807) is 13.8 Å². The molecule has 30 heavy (non-hydrogen) atoms. The van der Waals surface area contributed by atoms with Gasteiger partial charge in [-0.05, 0) is 60.8 Å². The molecule has 0 saturated heterocycles. The summed E-state index contributed by atoms with van der Waals surface area (Å²) in [5, 5.41) is 18.2. The fourth-order valence-corrected chi connectivity index (χ4v) is 5.31. The summed E-state index contributed by atoms with van der Waals surface area (Å²) in [6.07, 6.45) is 0. The predicted octanol–water partition coefficient (Wildman–Crippen LogP) is 5.90. The summed E-state index contributed by atoms with van der Waals surface area (Å²) >= 11 is 1.85. The molecule has 0 aliphatic carbocycles. The Bertz CT molecular complexity index is 1410. The second-order valence-corrected chi connectivity index (χ2v) is 10.1. The number of hydrogen-bond donors (Lipinski definition) is 1. The molecule has 0 bridgehead atoms. The van der Waals surface area contributed by atoms with Gasteiger partial charge in [-0.2, -0.15) is 0 Å². The molecule has 4 heteroatoms. The van der Waals surface area contributed by atoms with Crippen molar-refractivity contribution in [1.29, 1.82) is 0 Å². The maximum Gasteiger partial charge on any atom is 0.310 e. The largest absolute Gasteiger partial charge is 0.427 e. The number of benzene rings is 4. The zero-order valence-electron chi connectivity index (χ0n) is 17.8. The van der Waals surface area contributed by atoms with Crippen molar-refractivity contribution in [3.05, 3.63) is 66.7 Å². The van der Waals surface area contributed by atoms with Crippen molar-refractivity contribution in [2.45, 2.75) is 38.9 Å². The third-order valence-electron chi connectivity index (χ3n) is 6.52. The monoisotopic (exact) mass is 412 g/mol. The lowest BCUT2D eigenvalue weighted by Gasteiger charge is -2.37. The summed E-state index contributed by atoms with van der Waals surface area (Å²) in [4.78, 5) is 0. The third kappa shape index (κ3) is 3.02. The Morgan fingerprint density at radius 2 is 1.47 bits per heavy atom. The topological polar surface area (TPSA) is 29.5 Å². The summed E-state index contributed by atoms with van der Waals surface area (Å²) in [7, 11) is 0.461. The van der Waals surface area contributed by atoms with Gasteiger partial charge in [0, 0.05) is 20.2 Å². The average Bonchev–Trinajstić information content (AvgIpc) is 3.10. The van der Waals surface area contributed by atoms with Gasteiger partial charge in [0.1, 0.15) is 0 Å². The molecular weight excluding hydrogens is 387 g/mol. The van der Waals surface area contributed by atoms with E-state index in [0.717, 1.165) is 5.46 Å². The van der Waals surface area contributed by atoms with Crippen LogP contribution in [0.25, 0.3) is 41.7 Å². The summed E-state index contributed by atoms with van der Waals surface area (Å²) < 4.78 is 8.85. The second-order valence-electron chi connectivity index (χ2n) is 9.08. The minimum absolute atomic E-state index is 0.461. The molecule has 150 valence electrons. The van der Waals surface area contributed by atoms with E-state index >= 15 is 0 Å². The zero-order valence-corrected chi connectivity index (χ0v) is 18.6. The Morgan fingerprint density at radius 1 is 0.800 bits per heavy atom. The van der Waals surface area contributed by atoms with Crippen molar-refractivity contribution in [1.82, 2.24) is 0 Å². The first-order chi connectivity index (χ1) is 14.3. The van der Waals surface area contributed by atoms with Crippen LogP contribution in [0.3, 0.4) is 0 Å². The minimum Gasteiger partial charge on any atom is -0.427 e. The van der Waals surface area contributed by atoms with E-state index in [4.69, 9.17) is 4.65 Å². The zero-order chi connectivity index (χ0) is 21.1. The molecular formula is C26H25BO2S. The highest BCUT2D eigenvalue weighted by molar-refractivity contribution is 7.27. The number of thiophene rings is 1. The van der Waals surface area contributed by atoms with Crippen molar-refractivity contribution in [2.75, 3.05) is 0 Å². The molecule has 0 spiro atoms. The van der Waals surface area contributed by atoms with E-state index in [1.807, 2.05) is 25.2 Å². The van der Waals surface area contributed by atoms with Gasteiger partial charge in [0.15, 0.2) is 0 Å². The van der Waals surface area contributed by atoms with Gasteiger partial charge in [-0.3, -0.25) is 0 Å². The summed E-state index contributed by atoms with van der Waals surface area (Å²) in [6.45, 7) is 7.48. The van der Waals surface area contributed by atoms with Gasteiger partial charge >= 0.3 is 7.48 Å². The van der Waals surface area contributed by atoms with E-state index < -0.39 is 11.2 Å². The Balaban J connectivity index is 1.74. The number of hydrogen-bond acceptors (Lipinski definition) is 3. The van der Waals surface area contributed by atoms with Crippen molar-refractivity contribution < 1.29 is 9.76 Å². The van der Waals surface area contributed by atoms with E-state index in [0.29, 0.717) is 7.48 Å². The van der Waals surface area contributed by atoms with E-state index in [9.17, 15) is 5.11 Å². The van der Waals surface area contributed by atoms with Gasteiger partial charge < -0.3 is 9.76 Å². The number of rotatable bonds is 4. The molecule has 2 nitrogen and oxygen atoms in total. The van der Waals surface area contributed by atoms with Crippen LogP contribution >= 0.6 is 11.3 Å².